The summed E-state index contributed by atoms with van der Waals surface area (Å²) in [7, 11) is 1.78. The maximum absolute atomic E-state index is 5.15. The molecule has 0 aromatic heterocycles. The van der Waals surface area contributed by atoms with Gasteiger partial charge in [0.2, 0.25) is 0 Å². The van der Waals surface area contributed by atoms with Gasteiger partial charge in [-0.2, -0.15) is 0 Å². The largest absolute Gasteiger partial charge is 0.385 e. The molecule has 0 aromatic carbocycles. The number of nitrogens with zero attached hydrogens (tertiary/aromatic N) is 1. The Morgan fingerprint density at radius 2 is 2.06 bits per heavy atom. The molecule has 0 aliphatic carbocycles. The number of hydrogen-bond donors (Lipinski definition) is 1. The molecule has 1 atom stereocenters. The summed E-state index contributed by atoms with van der Waals surface area (Å²) in [5.74, 6) is 0. The molecule has 0 radical (unpaired) electrons. The first kappa shape index (κ1) is 13.9. The van der Waals surface area contributed by atoms with Gasteiger partial charge in [-0.3, -0.25) is 4.90 Å². The third-order valence-corrected chi connectivity index (χ3v) is 4.04. The number of piperazine rings is 1. The van der Waals surface area contributed by atoms with E-state index in [4.69, 9.17) is 4.74 Å². The number of ether oxygens (including phenoxy) is 1. The SMILES string of the molecule is CCC1(CC)CNC(C)CN1CCCOC. The summed E-state index contributed by atoms with van der Waals surface area (Å²) in [4.78, 5) is 2.67. The summed E-state index contributed by atoms with van der Waals surface area (Å²) >= 11 is 0. The standard InChI is InChI=1S/C13H28N2O/c1-5-13(6-2)11-14-12(3)10-15(13)8-7-9-16-4/h12,14H,5-11H2,1-4H3. The highest BCUT2D eigenvalue weighted by Gasteiger charge is 2.37. The van der Waals surface area contributed by atoms with Crippen LogP contribution in [0.15, 0.2) is 0 Å². The third-order valence-electron chi connectivity index (χ3n) is 4.04. The van der Waals surface area contributed by atoms with E-state index >= 15 is 0 Å². The molecule has 1 unspecified atom stereocenters. The van der Waals surface area contributed by atoms with Crippen LogP contribution < -0.4 is 5.32 Å². The average Bonchev–Trinajstić information content (AvgIpc) is 2.31. The van der Waals surface area contributed by atoms with Gasteiger partial charge in [-0.05, 0) is 26.2 Å². The Morgan fingerprint density at radius 1 is 1.38 bits per heavy atom. The Hall–Kier alpha value is -0.120. The lowest BCUT2D eigenvalue weighted by Gasteiger charge is -2.49. The van der Waals surface area contributed by atoms with Gasteiger partial charge in [0.05, 0.1) is 0 Å². The maximum Gasteiger partial charge on any atom is 0.0474 e. The second kappa shape index (κ2) is 6.58. The van der Waals surface area contributed by atoms with E-state index in [-0.39, 0.29) is 0 Å². The zero-order valence-electron chi connectivity index (χ0n) is 11.4. The van der Waals surface area contributed by atoms with Gasteiger partial charge in [0.1, 0.15) is 0 Å². The molecular formula is C13H28N2O. The van der Waals surface area contributed by atoms with Crippen molar-refractivity contribution in [3.8, 4) is 0 Å². The van der Waals surface area contributed by atoms with Gasteiger partial charge in [0.25, 0.3) is 0 Å². The molecule has 0 saturated carbocycles. The molecule has 0 amide bonds. The predicted octanol–water partition coefficient (Wildman–Crippen LogP) is 1.88. The van der Waals surface area contributed by atoms with Gasteiger partial charge in [-0.15, -0.1) is 0 Å². The van der Waals surface area contributed by atoms with Gasteiger partial charge in [-0.1, -0.05) is 13.8 Å². The topological polar surface area (TPSA) is 24.5 Å². The fourth-order valence-electron chi connectivity index (χ4n) is 2.74. The molecule has 3 nitrogen and oxygen atoms in total. The Labute approximate surface area is 101 Å². The highest BCUT2D eigenvalue weighted by Crippen LogP contribution is 2.26. The third kappa shape index (κ3) is 3.19. The molecule has 1 rings (SSSR count). The van der Waals surface area contributed by atoms with Crippen molar-refractivity contribution in [2.45, 2.75) is 51.6 Å². The molecule has 0 aromatic rings. The highest BCUT2D eigenvalue weighted by molar-refractivity contribution is 4.96. The predicted molar refractivity (Wildman–Crippen MR) is 68.8 cm³/mol. The van der Waals surface area contributed by atoms with E-state index < -0.39 is 0 Å². The van der Waals surface area contributed by atoms with Crippen LogP contribution in [0.25, 0.3) is 0 Å². The number of methoxy groups -OCH3 is 1. The molecule has 1 aliphatic heterocycles. The highest BCUT2D eigenvalue weighted by atomic mass is 16.5. The summed E-state index contributed by atoms with van der Waals surface area (Å²) in [6.45, 7) is 11.2. The van der Waals surface area contributed by atoms with E-state index in [2.05, 4.69) is 31.0 Å². The lowest BCUT2D eigenvalue weighted by molar-refractivity contribution is 0.0280. The first-order valence-electron chi connectivity index (χ1n) is 6.66. The molecule has 16 heavy (non-hydrogen) atoms. The monoisotopic (exact) mass is 228 g/mol. The van der Waals surface area contributed by atoms with E-state index in [0.717, 1.165) is 19.6 Å². The van der Waals surface area contributed by atoms with Crippen LogP contribution in [0.4, 0.5) is 0 Å². The van der Waals surface area contributed by atoms with Gasteiger partial charge in [0.15, 0.2) is 0 Å². The maximum atomic E-state index is 5.15. The van der Waals surface area contributed by atoms with Gasteiger partial charge >= 0.3 is 0 Å². The second-order valence-electron chi connectivity index (χ2n) is 5.01. The van der Waals surface area contributed by atoms with Crippen LogP contribution in [-0.2, 0) is 4.74 Å². The second-order valence-corrected chi connectivity index (χ2v) is 5.01. The summed E-state index contributed by atoms with van der Waals surface area (Å²) in [5.41, 5.74) is 0.375. The van der Waals surface area contributed by atoms with Crippen molar-refractivity contribution < 1.29 is 4.74 Å². The first-order valence-corrected chi connectivity index (χ1v) is 6.66. The van der Waals surface area contributed by atoms with E-state index in [0.29, 0.717) is 11.6 Å². The Balaban J connectivity index is 2.57. The Bertz CT molecular complexity index is 192. The fourth-order valence-corrected chi connectivity index (χ4v) is 2.74. The van der Waals surface area contributed by atoms with Crippen LogP contribution in [0.1, 0.15) is 40.0 Å². The zero-order valence-corrected chi connectivity index (χ0v) is 11.4. The minimum atomic E-state index is 0.375. The van der Waals surface area contributed by atoms with Crippen molar-refractivity contribution in [1.82, 2.24) is 10.2 Å². The van der Waals surface area contributed by atoms with Crippen molar-refractivity contribution in [3.05, 3.63) is 0 Å². The molecular weight excluding hydrogens is 200 g/mol. The quantitative estimate of drug-likeness (QED) is 0.703. The molecule has 1 aliphatic rings. The minimum Gasteiger partial charge on any atom is -0.385 e. The lowest BCUT2D eigenvalue weighted by Crippen LogP contribution is -2.63. The smallest absolute Gasteiger partial charge is 0.0474 e. The molecule has 0 bridgehead atoms. The zero-order chi connectivity index (χ0) is 12.0. The van der Waals surface area contributed by atoms with E-state index in [1.54, 1.807) is 7.11 Å². The van der Waals surface area contributed by atoms with E-state index in [1.807, 2.05) is 0 Å². The number of rotatable bonds is 6. The molecule has 3 heteroatoms. The van der Waals surface area contributed by atoms with E-state index in [1.165, 1.54) is 25.9 Å². The lowest BCUT2D eigenvalue weighted by atomic mass is 9.87. The van der Waals surface area contributed by atoms with Crippen LogP contribution in [0, 0.1) is 0 Å². The van der Waals surface area contributed by atoms with Crippen LogP contribution in [0.2, 0.25) is 0 Å². The Morgan fingerprint density at radius 3 is 2.62 bits per heavy atom. The van der Waals surface area contributed by atoms with Gasteiger partial charge < -0.3 is 10.1 Å². The van der Waals surface area contributed by atoms with Crippen molar-refractivity contribution in [1.29, 1.82) is 0 Å². The fraction of sp³-hybridized carbons (Fsp3) is 1.00. The van der Waals surface area contributed by atoms with Crippen LogP contribution in [-0.4, -0.2) is 49.8 Å². The Kier molecular flexibility index (Phi) is 5.73. The normalized spacial score (nSPS) is 25.9. The summed E-state index contributed by atoms with van der Waals surface area (Å²) < 4.78 is 5.15. The summed E-state index contributed by atoms with van der Waals surface area (Å²) in [5, 5.41) is 3.62. The summed E-state index contributed by atoms with van der Waals surface area (Å²) in [6.07, 6.45) is 3.61. The van der Waals surface area contributed by atoms with Gasteiger partial charge in [-0.25, -0.2) is 0 Å². The molecule has 1 fully saturated rings. The minimum absolute atomic E-state index is 0.375. The van der Waals surface area contributed by atoms with Crippen molar-refractivity contribution in [2.75, 3.05) is 33.4 Å². The van der Waals surface area contributed by atoms with Crippen LogP contribution in [0.5, 0.6) is 0 Å². The number of nitrogens with one attached hydrogen (secondary N) is 1. The van der Waals surface area contributed by atoms with Crippen LogP contribution in [0.3, 0.4) is 0 Å². The van der Waals surface area contributed by atoms with Crippen LogP contribution >= 0.6 is 0 Å². The van der Waals surface area contributed by atoms with Crippen molar-refractivity contribution in [2.24, 2.45) is 0 Å². The van der Waals surface area contributed by atoms with E-state index in [9.17, 15) is 0 Å². The molecule has 1 saturated heterocycles. The molecule has 96 valence electrons. The van der Waals surface area contributed by atoms with Gasteiger partial charge in [0, 0.05) is 44.9 Å². The number of hydrogen-bond acceptors (Lipinski definition) is 3. The first-order chi connectivity index (χ1) is 7.68. The summed E-state index contributed by atoms with van der Waals surface area (Å²) in [6, 6.07) is 0.619. The van der Waals surface area contributed by atoms with Crippen molar-refractivity contribution in [3.63, 3.8) is 0 Å². The van der Waals surface area contributed by atoms with Crippen molar-refractivity contribution >= 4 is 0 Å². The molecule has 1 heterocycles. The molecule has 0 spiro atoms. The average molecular weight is 228 g/mol. The molecule has 1 N–H and O–H groups in total.